The molecular weight excluding hydrogens is 332 g/mol. The van der Waals surface area contributed by atoms with Crippen molar-refractivity contribution < 1.29 is 19.1 Å². The van der Waals surface area contributed by atoms with Crippen LogP contribution < -0.4 is 5.32 Å². The molecule has 1 saturated carbocycles. The van der Waals surface area contributed by atoms with E-state index in [2.05, 4.69) is 26.1 Å². The zero-order valence-corrected chi connectivity index (χ0v) is 15.6. The molecule has 1 spiro atoms. The largest absolute Gasteiger partial charge is 0.459 e. The lowest BCUT2D eigenvalue weighted by Crippen LogP contribution is -2.54. The van der Waals surface area contributed by atoms with Crippen LogP contribution in [0.15, 0.2) is 30.3 Å². The van der Waals surface area contributed by atoms with Gasteiger partial charge in [-0.1, -0.05) is 51.1 Å². The Kier molecular flexibility index (Phi) is 4.78. The standard InChI is InChI=1S/C20H26N2O4/c1-14-9-19(2,3)13-20(10-14)17(24)22(18(25)21-20)11-16(23)26-12-15-7-5-4-6-8-15/h4-8,14H,9-13H2,1-3H3,(H,21,25)/t14-,20+/m1/s1. The number of hydrogen-bond donors (Lipinski definition) is 1. The minimum Gasteiger partial charge on any atom is -0.459 e. The van der Waals surface area contributed by atoms with Crippen LogP contribution in [0.1, 0.15) is 45.6 Å². The van der Waals surface area contributed by atoms with Gasteiger partial charge in [0.2, 0.25) is 0 Å². The van der Waals surface area contributed by atoms with Gasteiger partial charge in [-0.15, -0.1) is 0 Å². The van der Waals surface area contributed by atoms with Gasteiger partial charge >= 0.3 is 12.0 Å². The van der Waals surface area contributed by atoms with E-state index in [1.165, 1.54) is 0 Å². The molecule has 140 valence electrons. The van der Waals surface area contributed by atoms with Crippen LogP contribution in [0.5, 0.6) is 0 Å². The molecule has 6 heteroatoms. The van der Waals surface area contributed by atoms with Crippen LogP contribution in [0.2, 0.25) is 0 Å². The van der Waals surface area contributed by atoms with Crippen molar-refractivity contribution in [3.63, 3.8) is 0 Å². The molecule has 3 rings (SSSR count). The Labute approximate surface area is 153 Å². The molecule has 1 heterocycles. The lowest BCUT2D eigenvalue weighted by Gasteiger charge is -2.43. The highest BCUT2D eigenvalue weighted by Crippen LogP contribution is 2.46. The summed E-state index contributed by atoms with van der Waals surface area (Å²) < 4.78 is 5.21. The molecule has 1 aliphatic heterocycles. The maximum atomic E-state index is 13.0. The number of nitrogens with one attached hydrogen (secondary N) is 1. The van der Waals surface area contributed by atoms with E-state index >= 15 is 0 Å². The van der Waals surface area contributed by atoms with Crippen molar-refractivity contribution in [2.45, 2.75) is 52.2 Å². The number of carbonyl (C=O) groups is 3. The number of hydrogen-bond acceptors (Lipinski definition) is 4. The highest BCUT2D eigenvalue weighted by Gasteiger charge is 2.56. The third kappa shape index (κ3) is 3.74. The number of rotatable bonds is 4. The maximum Gasteiger partial charge on any atom is 0.326 e. The van der Waals surface area contributed by atoms with E-state index < -0.39 is 17.5 Å². The fourth-order valence-electron chi connectivity index (χ4n) is 4.56. The topological polar surface area (TPSA) is 75.7 Å². The molecular formula is C20H26N2O4. The van der Waals surface area contributed by atoms with E-state index in [-0.39, 0.29) is 24.5 Å². The molecule has 2 aliphatic rings. The number of urea groups is 1. The third-order valence-corrected chi connectivity index (χ3v) is 5.15. The maximum absolute atomic E-state index is 13.0. The van der Waals surface area contributed by atoms with E-state index in [0.717, 1.165) is 16.9 Å². The van der Waals surface area contributed by atoms with Crippen molar-refractivity contribution >= 4 is 17.9 Å². The predicted molar refractivity (Wildman–Crippen MR) is 96.0 cm³/mol. The summed E-state index contributed by atoms with van der Waals surface area (Å²) in [4.78, 5) is 38.5. The van der Waals surface area contributed by atoms with Gasteiger partial charge in [-0.25, -0.2) is 4.79 Å². The first-order valence-electron chi connectivity index (χ1n) is 9.04. The molecule has 1 saturated heterocycles. The number of esters is 1. The summed E-state index contributed by atoms with van der Waals surface area (Å²) in [6.07, 6.45) is 2.21. The first kappa shape index (κ1) is 18.4. The van der Waals surface area contributed by atoms with Crippen LogP contribution in [0, 0.1) is 11.3 Å². The van der Waals surface area contributed by atoms with Crippen molar-refractivity contribution in [1.29, 1.82) is 0 Å². The average Bonchev–Trinajstić information content (AvgIpc) is 2.75. The first-order chi connectivity index (χ1) is 12.2. The molecule has 0 bridgehead atoms. The van der Waals surface area contributed by atoms with Gasteiger partial charge in [0.25, 0.3) is 5.91 Å². The highest BCUT2D eigenvalue weighted by atomic mass is 16.5. The minimum atomic E-state index is -0.891. The number of nitrogens with zero attached hydrogens (tertiary/aromatic N) is 1. The average molecular weight is 358 g/mol. The summed E-state index contributed by atoms with van der Waals surface area (Å²) in [6.45, 7) is 6.09. The number of imide groups is 1. The van der Waals surface area contributed by atoms with E-state index in [0.29, 0.717) is 18.8 Å². The molecule has 0 aromatic heterocycles. The van der Waals surface area contributed by atoms with Gasteiger partial charge in [0, 0.05) is 0 Å². The number of amides is 3. The molecule has 1 aromatic rings. The summed E-state index contributed by atoms with van der Waals surface area (Å²) in [5.41, 5.74) is -0.0695. The Morgan fingerprint density at radius 2 is 1.92 bits per heavy atom. The number of benzene rings is 1. The third-order valence-electron chi connectivity index (χ3n) is 5.15. The van der Waals surface area contributed by atoms with Crippen LogP contribution in [0.25, 0.3) is 0 Å². The molecule has 3 amide bonds. The Hall–Kier alpha value is -2.37. The predicted octanol–water partition coefficient (Wildman–Crippen LogP) is 2.87. The number of carbonyl (C=O) groups excluding carboxylic acids is 3. The number of ether oxygens (including phenoxy) is 1. The van der Waals surface area contributed by atoms with Crippen LogP contribution in [0.3, 0.4) is 0 Å². The Balaban J connectivity index is 1.65. The van der Waals surface area contributed by atoms with Crippen LogP contribution in [-0.2, 0) is 20.9 Å². The van der Waals surface area contributed by atoms with Crippen molar-refractivity contribution in [2.24, 2.45) is 11.3 Å². The van der Waals surface area contributed by atoms with Crippen LogP contribution in [0.4, 0.5) is 4.79 Å². The molecule has 2 fully saturated rings. The van der Waals surface area contributed by atoms with E-state index in [1.807, 2.05) is 30.3 Å². The van der Waals surface area contributed by atoms with Gasteiger partial charge in [0.15, 0.2) is 0 Å². The van der Waals surface area contributed by atoms with E-state index in [1.54, 1.807) is 0 Å². The monoisotopic (exact) mass is 358 g/mol. The second-order valence-electron chi connectivity index (χ2n) is 8.40. The highest BCUT2D eigenvalue weighted by molar-refractivity contribution is 6.08. The van der Waals surface area contributed by atoms with Gasteiger partial charge in [-0.3, -0.25) is 14.5 Å². The normalized spacial score (nSPS) is 27.5. The lowest BCUT2D eigenvalue weighted by molar-refractivity contribution is -0.149. The van der Waals surface area contributed by atoms with Crippen molar-refractivity contribution in [2.75, 3.05) is 6.54 Å². The Morgan fingerprint density at radius 1 is 1.23 bits per heavy atom. The van der Waals surface area contributed by atoms with E-state index in [4.69, 9.17) is 4.74 Å². The summed E-state index contributed by atoms with van der Waals surface area (Å²) in [5, 5.41) is 2.86. The van der Waals surface area contributed by atoms with Gasteiger partial charge < -0.3 is 10.1 Å². The van der Waals surface area contributed by atoms with Gasteiger partial charge in [0.05, 0.1) is 0 Å². The molecule has 0 unspecified atom stereocenters. The lowest BCUT2D eigenvalue weighted by atomic mass is 9.64. The van der Waals surface area contributed by atoms with Crippen molar-refractivity contribution in [3.8, 4) is 0 Å². The Morgan fingerprint density at radius 3 is 2.58 bits per heavy atom. The minimum absolute atomic E-state index is 0.0373. The summed E-state index contributed by atoms with van der Waals surface area (Å²) in [7, 11) is 0. The second-order valence-corrected chi connectivity index (χ2v) is 8.40. The van der Waals surface area contributed by atoms with Crippen LogP contribution >= 0.6 is 0 Å². The van der Waals surface area contributed by atoms with Gasteiger partial charge in [-0.2, -0.15) is 0 Å². The summed E-state index contributed by atoms with van der Waals surface area (Å²) in [6, 6.07) is 8.79. The molecule has 2 atom stereocenters. The second kappa shape index (κ2) is 6.74. The van der Waals surface area contributed by atoms with Crippen molar-refractivity contribution in [3.05, 3.63) is 35.9 Å². The Bertz CT molecular complexity index is 716. The van der Waals surface area contributed by atoms with E-state index in [9.17, 15) is 14.4 Å². The summed E-state index contributed by atoms with van der Waals surface area (Å²) >= 11 is 0. The zero-order valence-electron chi connectivity index (χ0n) is 15.6. The quantitative estimate of drug-likeness (QED) is 0.663. The molecule has 1 N–H and O–H groups in total. The molecule has 6 nitrogen and oxygen atoms in total. The van der Waals surface area contributed by atoms with Crippen LogP contribution in [-0.4, -0.2) is 34.9 Å². The smallest absolute Gasteiger partial charge is 0.326 e. The fraction of sp³-hybridized carbons (Fsp3) is 0.550. The van der Waals surface area contributed by atoms with Gasteiger partial charge in [-0.05, 0) is 36.2 Å². The SMILES string of the molecule is C[C@@H]1CC(C)(C)C[C@]2(C1)NC(=O)N(CC(=O)OCc1ccccc1)C2=O. The zero-order chi connectivity index (χ0) is 18.9. The fourth-order valence-corrected chi connectivity index (χ4v) is 4.56. The molecule has 1 aromatic carbocycles. The van der Waals surface area contributed by atoms with Crippen molar-refractivity contribution in [1.82, 2.24) is 10.2 Å². The first-order valence-corrected chi connectivity index (χ1v) is 9.04. The molecule has 1 aliphatic carbocycles. The molecule has 0 radical (unpaired) electrons. The summed E-state index contributed by atoms with van der Waals surface area (Å²) in [5.74, 6) is -0.565. The molecule has 26 heavy (non-hydrogen) atoms. The van der Waals surface area contributed by atoms with Gasteiger partial charge in [0.1, 0.15) is 18.7 Å².